The van der Waals surface area contributed by atoms with Crippen molar-refractivity contribution < 1.29 is 13.9 Å². The summed E-state index contributed by atoms with van der Waals surface area (Å²) in [6.07, 6.45) is 3.50. The van der Waals surface area contributed by atoms with E-state index in [1.165, 1.54) is 19.2 Å². The van der Waals surface area contributed by atoms with Gasteiger partial charge in [0.15, 0.2) is 11.6 Å². The number of urea groups is 1. The second-order valence-corrected chi connectivity index (χ2v) is 5.43. The van der Waals surface area contributed by atoms with Crippen LogP contribution in [0, 0.1) is 5.82 Å². The lowest BCUT2D eigenvalue weighted by Crippen LogP contribution is -2.50. The van der Waals surface area contributed by atoms with Gasteiger partial charge >= 0.3 is 6.03 Å². The van der Waals surface area contributed by atoms with Crippen molar-refractivity contribution in [1.82, 2.24) is 9.88 Å². The van der Waals surface area contributed by atoms with Crippen LogP contribution in [0.1, 0.15) is 0 Å². The lowest BCUT2D eigenvalue weighted by atomic mass is 10.2. The fraction of sp³-hybridized carbons (Fsp3) is 0.294. The number of ether oxygens (including phenoxy) is 1. The Kier molecular flexibility index (Phi) is 4.79. The summed E-state index contributed by atoms with van der Waals surface area (Å²) in [5.41, 5.74) is 1.21. The molecular weight excluding hydrogens is 311 g/mol. The van der Waals surface area contributed by atoms with E-state index in [9.17, 15) is 9.18 Å². The Hall–Kier alpha value is -2.83. The number of hydrogen-bond acceptors (Lipinski definition) is 4. The van der Waals surface area contributed by atoms with Crippen LogP contribution in [0.15, 0.2) is 42.7 Å². The van der Waals surface area contributed by atoms with Crippen LogP contribution < -0.4 is 15.0 Å². The van der Waals surface area contributed by atoms with Gasteiger partial charge in [0.05, 0.1) is 12.8 Å². The van der Waals surface area contributed by atoms with Gasteiger partial charge in [-0.05, 0) is 24.3 Å². The highest BCUT2D eigenvalue weighted by atomic mass is 19.1. The maximum atomic E-state index is 14.1. The SMILES string of the molecule is COc1cccc(NC(=O)N2CCN(c3ccncc3)CC2)c1F. The van der Waals surface area contributed by atoms with Gasteiger partial charge in [-0.1, -0.05) is 6.07 Å². The molecule has 24 heavy (non-hydrogen) atoms. The number of rotatable bonds is 3. The molecule has 7 heteroatoms. The minimum absolute atomic E-state index is 0.107. The van der Waals surface area contributed by atoms with Gasteiger partial charge in [-0.25, -0.2) is 9.18 Å². The molecule has 6 nitrogen and oxygen atoms in total. The van der Waals surface area contributed by atoms with E-state index in [0.717, 1.165) is 18.8 Å². The number of hydrogen-bond donors (Lipinski definition) is 1. The van der Waals surface area contributed by atoms with Crippen LogP contribution in [0.5, 0.6) is 5.75 Å². The predicted molar refractivity (Wildman–Crippen MR) is 90.0 cm³/mol. The lowest BCUT2D eigenvalue weighted by Gasteiger charge is -2.36. The average Bonchev–Trinajstić information content (AvgIpc) is 2.64. The number of aromatic nitrogens is 1. The first-order valence-corrected chi connectivity index (χ1v) is 7.72. The van der Waals surface area contributed by atoms with Crippen LogP contribution in [-0.2, 0) is 0 Å². The molecule has 1 saturated heterocycles. The lowest BCUT2D eigenvalue weighted by molar-refractivity contribution is 0.208. The van der Waals surface area contributed by atoms with Crippen molar-refractivity contribution in [3.8, 4) is 5.75 Å². The smallest absolute Gasteiger partial charge is 0.322 e. The summed E-state index contributed by atoms with van der Waals surface area (Å²) in [6.45, 7) is 2.58. The molecule has 1 aromatic heterocycles. The largest absolute Gasteiger partial charge is 0.494 e. The maximum Gasteiger partial charge on any atom is 0.322 e. The normalized spacial score (nSPS) is 14.4. The van der Waals surface area contributed by atoms with Crippen molar-refractivity contribution in [1.29, 1.82) is 0 Å². The Bertz CT molecular complexity index is 703. The fourth-order valence-corrected chi connectivity index (χ4v) is 2.68. The summed E-state index contributed by atoms with van der Waals surface area (Å²) in [5.74, 6) is -0.459. The monoisotopic (exact) mass is 330 g/mol. The Morgan fingerprint density at radius 3 is 2.54 bits per heavy atom. The maximum absolute atomic E-state index is 14.1. The van der Waals surface area contributed by atoms with Gasteiger partial charge in [-0.2, -0.15) is 0 Å². The number of amides is 2. The van der Waals surface area contributed by atoms with Crippen molar-refractivity contribution in [3.63, 3.8) is 0 Å². The molecule has 0 unspecified atom stereocenters. The summed E-state index contributed by atoms with van der Waals surface area (Å²) in [4.78, 5) is 20.2. The molecule has 2 heterocycles. The zero-order chi connectivity index (χ0) is 16.9. The van der Waals surface area contributed by atoms with Crippen molar-refractivity contribution in [3.05, 3.63) is 48.5 Å². The van der Waals surface area contributed by atoms with E-state index in [0.29, 0.717) is 13.1 Å². The summed E-state index contributed by atoms with van der Waals surface area (Å²) >= 11 is 0. The van der Waals surface area contributed by atoms with E-state index in [1.807, 2.05) is 12.1 Å². The van der Waals surface area contributed by atoms with Gasteiger partial charge in [0.1, 0.15) is 0 Å². The molecule has 126 valence electrons. The highest BCUT2D eigenvalue weighted by Gasteiger charge is 2.22. The van der Waals surface area contributed by atoms with Crippen molar-refractivity contribution >= 4 is 17.4 Å². The van der Waals surface area contributed by atoms with Crippen LogP contribution in [0.3, 0.4) is 0 Å². The molecular formula is C17H19FN4O2. The van der Waals surface area contributed by atoms with E-state index in [4.69, 9.17) is 4.74 Å². The molecule has 0 bridgehead atoms. The molecule has 3 rings (SSSR count). The first-order valence-electron chi connectivity index (χ1n) is 7.72. The minimum Gasteiger partial charge on any atom is -0.494 e. The molecule has 0 saturated carbocycles. The first kappa shape index (κ1) is 16.0. The van der Waals surface area contributed by atoms with E-state index in [1.54, 1.807) is 23.4 Å². The number of benzene rings is 1. The molecule has 1 aliphatic rings. The number of halogens is 1. The molecule has 0 atom stereocenters. The molecule has 1 N–H and O–H groups in total. The third kappa shape index (κ3) is 3.40. The van der Waals surface area contributed by atoms with Crippen molar-refractivity contribution in [2.24, 2.45) is 0 Å². The van der Waals surface area contributed by atoms with Crippen LogP contribution in [-0.4, -0.2) is 49.2 Å². The molecule has 2 aromatic rings. The minimum atomic E-state index is -0.566. The molecule has 1 aromatic carbocycles. The van der Waals surface area contributed by atoms with Crippen molar-refractivity contribution in [2.45, 2.75) is 0 Å². The Balaban J connectivity index is 1.60. The number of carbonyl (C=O) groups is 1. The molecule has 1 fully saturated rings. The van der Waals surface area contributed by atoms with Gasteiger partial charge in [-0.15, -0.1) is 0 Å². The standard InChI is InChI=1S/C17H19FN4O2/c1-24-15-4-2-3-14(16(15)18)20-17(23)22-11-9-21(10-12-22)13-5-7-19-8-6-13/h2-8H,9-12H2,1H3,(H,20,23). The topological polar surface area (TPSA) is 57.7 Å². The van der Waals surface area contributed by atoms with Crippen LogP contribution in [0.25, 0.3) is 0 Å². The van der Waals surface area contributed by atoms with Crippen LogP contribution in [0.4, 0.5) is 20.6 Å². The number of pyridine rings is 1. The Morgan fingerprint density at radius 1 is 1.17 bits per heavy atom. The third-order valence-electron chi connectivity index (χ3n) is 4.02. The van der Waals surface area contributed by atoms with E-state index in [-0.39, 0.29) is 17.5 Å². The second-order valence-electron chi connectivity index (χ2n) is 5.43. The Morgan fingerprint density at radius 2 is 1.88 bits per heavy atom. The third-order valence-corrected chi connectivity index (χ3v) is 4.02. The zero-order valence-corrected chi connectivity index (χ0v) is 13.4. The van der Waals surface area contributed by atoms with E-state index < -0.39 is 5.82 Å². The molecule has 0 aliphatic carbocycles. The number of anilines is 2. The fourth-order valence-electron chi connectivity index (χ4n) is 2.68. The van der Waals surface area contributed by atoms with Gasteiger partial charge in [0.2, 0.25) is 0 Å². The summed E-state index contributed by atoms with van der Waals surface area (Å²) in [5, 5.41) is 2.61. The summed E-state index contributed by atoms with van der Waals surface area (Å²) < 4.78 is 19.0. The number of nitrogens with zero attached hydrogens (tertiary/aromatic N) is 3. The second kappa shape index (κ2) is 7.16. The number of nitrogens with one attached hydrogen (secondary N) is 1. The number of methoxy groups -OCH3 is 1. The van der Waals surface area contributed by atoms with Gasteiger partial charge in [-0.3, -0.25) is 4.98 Å². The van der Waals surface area contributed by atoms with E-state index >= 15 is 0 Å². The average molecular weight is 330 g/mol. The molecule has 1 aliphatic heterocycles. The van der Waals surface area contributed by atoms with E-state index in [2.05, 4.69) is 15.2 Å². The predicted octanol–water partition coefficient (Wildman–Crippen LogP) is 2.58. The molecule has 0 spiro atoms. The highest BCUT2D eigenvalue weighted by molar-refractivity contribution is 5.90. The van der Waals surface area contributed by atoms with Crippen LogP contribution in [0.2, 0.25) is 0 Å². The zero-order valence-electron chi connectivity index (χ0n) is 13.4. The quantitative estimate of drug-likeness (QED) is 0.940. The van der Waals surface area contributed by atoms with Crippen LogP contribution >= 0.6 is 0 Å². The molecule has 0 radical (unpaired) electrons. The highest BCUT2D eigenvalue weighted by Crippen LogP contribution is 2.24. The van der Waals surface area contributed by atoms with Gasteiger partial charge in [0.25, 0.3) is 0 Å². The van der Waals surface area contributed by atoms with Gasteiger partial charge in [0, 0.05) is 44.3 Å². The van der Waals surface area contributed by atoms with Gasteiger partial charge < -0.3 is 19.9 Å². The number of carbonyl (C=O) groups excluding carboxylic acids is 1. The van der Waals surface area contributed by atoms with Crippen molar-refractivity contribution in [2.75, 3.05) is 43.5 Å². The number of piperazine rings is 1. The Labute approximate surface area is 139 Å². The molecule has 2 amide bonds. The summed E-state index contributed by atoms with van der Waals surface area (Å²) in [7, 11) is 1.39. The summed E-state index contributed by atoms with van der Waals surface area (Å²) in [6, 6.07) is 8.25. The first-order chi connectivity index (χ1) is 11.7.